The predicted octanol–water partition coefficient (Wildman–Crippen LogP) is 1.70. The van der Waals surface area contributed by atoms with Crippen LogP contribution in [0.2, 0.25) is 0 Å². The summed E-state index contributed by atoms with van der Waals surface area (Å²) in [5, 5.41) is 5.64. The van der Waals surface area contributed by atoms with Crippen LogP contribution in [0.4, 0.5) is 0 Å². The minimum atomic E-state index is -0.558. The second-order valence-electron chi connectivity index (χ2n) is 6.38. The van der Waals surface area contributed by atoms with E-state index in [-0.39, 0.29) is 11.8 Å². The van der Waals surface area contributed by atoms with Gasteiger partial charge in [-0.3, -0.25) is 9.59 Å². The third-order valence-corrected chi connectivity index (χ3v) is 3.87. The van der Waals surface area contributed by atoms with Crippen molar-refractivity contribution in [3.8, 4) is 0 Å². The molecule has 0 aliphatic carbocycles. The van der Waals surface area contributed by atoms with E-state index in [9.17, 15) is 9.59 Å². The Hall–Kier alpha value is -1.53. The van der Waals surface area contributed by atoms with Crippen molar-refractivity contribution in [2.45, 2.75) is 38.8 Å². The average Bonchev–Trinajstić information content (AvgIpc) is 2.48. The minimum Gasteiger partial charge on any atom is -0.352 e. The molecule has 0 aromatic heterocycles. The lowest BCUT2D eigenvalue weighted by Gasteiger charge is -2.23. The van der Waals surface area contributed by atoms with E-state index in [2.05, 4.69) is 10.6 Å². The fourth-order valence-electron chi connectivity index (χ4n) is 1.97. The summed E-state index contributed by atoms with van der Waals surface area (Å²) in [6.45, 7) is 5.98. The Morgan fingerprint density at radius 1 is 1.35 bits per heavy atom. The first-order valence-electron chi connectivity index (χ1n) is 7.66. The van der Waals surface area contributed by atoms with E-state index >= 15 is 0 Å². The lowest BCUT2D eigenvalue weighted by atomic mass is 10.1. The number of hydrogen-bond acceptors (Lipinski definition) is 4. The summed E-state index contributed by atoms with van der Waals surface area (Å²) in [7, 11) is 0. The Balaban J connectivity index is 2.73. The molecule has 0 heterocycles. The van der Waals surface area contributed by atoms with Gasteiger partial charge in [0.15, 0.2) is 0 Å². The SMILES string of the molecule is CSCCC(NC(=O)c1cccc(C)c1)C(=O)NCC(C)(C)N. The highest BCUT2D eigenvalue weighted by molar-refractivity contribution is 7.98. The van der Waals surface area contributed by atoms with Crippen molar-refractivity contribution >= 4 is 23.6 Å². The Labute approximate surface area is 142 Å². The summed E-state index contributed by atoms with van der Waals surface area (Å²) in [6, 6.07) is 6.75. The van der Waals surface area contributed by atoms with Gasteiger partial charge in [0.25, 0.3) is 5.91 Å². The van der Waals surface area contributed by atoms with Gasteiger partial charge in [0.2, 0.25) is 5.91 Å². The molecule has 1 atom stereocenters. The van der Waals surface area contributed by atoms with Crippen LogP contribution in [0.1, 0.15) is 36.2 Å². The van der Waals surface area contributed by atoms with Crippen molar-refractivity contribution in [2.24, 2.45) is 5.73 Å². The molecule has 1 rings (SSSR count). The number of thioether (sulfide) groups is 1. The van der Waals surface area contributed by atoms with Crippen LogP contribution in [0.3, 0.4) is 0 Å². The van der Waals surface area contributed by atoms with Crippen LogP contribution < -0.4 is 16.4 Å². The molecule has 23 heavy (non-hydrogen) atoms. The van der Waals surface area contributed by atoms with Crippen molar-refractivity contribution in [3.05, 3.63) is 35.4 Å². The van der Waals surface area contributed by atoms with Crippen molar-refractivity contribution in [2.75, 3.05) is 18.6 Å². The van der Waals surface area contributed by atoms with Gasteiger partial charge in [-0.05, 0) is 51.3 Å². The van der Waals surface area contributed by atoms with E-state index in [1.54, 1.807) is 17.8 Å². The number of nitrogens with two attached hydrogens (primary N) is 1. The van der Waals surface area contributed by atoms with Gasteiger partial charge in [-0.15, -0.1) is 0 Å². The number of carbonyl (C=O) groups is 2. The number of benzene rings is 1. The number of rotatable bonds is 8. The van der Waals surface area contributed by atoms with Gasteiger partial charge in [0, 0.05) is 17.6 Å². The molecule has 0 aliphatic heterocycles. The molecule has 0 saturated heterocycles. The first-order chi connectivity index (χ1) is 10.7. The number of nitrogens with one attached hydrogen (secondary N) is 2. The maximum atomic E-state index is 12.4. The van der Waals surface area contributed by atoms with Crippen LogP contribution in [-0.2, 0) is 4.79 Å². The highest BCUT2D eigenvalue weighted by Gasteiger charge is 2.22. The fraction of sp³-hybridized carbons (Fsp3) is 0.529. The lowest BCUT2D eigenvalue weighted by Crippen LogP contribution is -2.52. The second-order valence-corrected chi connectivity index (χ2v) is 7.37. The normalized spacial score (nSPS) is 12.6. The number of hydrogen-bond donors (Lipinski definition) is 3. The van der Waals surface area contributed by atoms with Gasteiger partial charge in [-0.2, -0.15) is 11.8 Å². The zero-order chi connectivity index (χ0) is 17.5. The topological polar surface area (TPSA) is 84.2 Å². The van der Waals surface area contributed by atoms with Crippen molar-refractivity contribution in [1.29, 1.82) is 0 Å². The largest absolute Gasteiger partial charge is 0.352 e. The second kappa shape index (κ2) is 8.93. The molecule has 1 aromatic carbocycles. The molecule has 0 aliphatic rings. The Kier molecular flexibility index (Phi) is 7.58. The molecule has 0 saturated carbocycles. The van der Waals surface area contributed by atoms with E-state index in [0.29, 0.717) is 18.5 Å². The molecule has 4 N–H and O–H groups in total. The van der Waals surface area contributed by atoms with E-state index in [1.807, 2.05) is 45.2 Å². The van der Waals surface area contributed by atoms with Crippen molar-refractivity contribution < 1.29 is 9.59 Å². The van der Waals surface area contributed by atoms with Crippen LogP contribution in [0.5, 0.6) is 0 Å². The number of amides is 2. The van der Waals surface area contributed by atoms with Crippen LogP contribution in [-0.4, -0.2) is 41.9 Å². The summed E-state index contributed by atoms with van der Waals surface area (Å²) >= 11 is 1.64. The Morgan fingerprint density at radius 2 is 2.04 bits per heavy atom. The summed E-state index contributed by atoms with van der Waals surface area (Å²) in [5.41, 5.74) is 6.97. The van der Waals surface area contributed by atoms with Gasteiger partial charge in [-0.1, -0.05) is 17.7 Å². The molecule has 0 radical (unpaired) electrons. The van der Waals surface area contributed by atoms with E-state index < -0.39 is 11.6 Å². The monoisotopic (exact) mass is 337 g/mol. The van der Waals surface area contributed by atoms with Gasteiger partial charge in [0.1, 0.15) is 6.04 Å². The molecule has 128 valence electrons. The maximum Gasteiger partial charge on any atom is 0.251 e. The molecule has 6 heteroatoms. The van der Waals surface area contributed by atoms with Gasteiger partial charge < -0.3 is 16.4 Å². The predicted molar refractivity (Wildman–Crippen MR) is 96.7 cm³/mol. The number of aryl methyl sites for hydroxylation is 1. The molecule has 0 fully saturated rings. The fourth-order valence-corrected chi connectivity index (χ4v) is 2.44. The third kappa shape index (κ3) is 7.52. The lowest BCUT2D eigenvalue weighted by molar-refractivity contribution is -0.123. The highest BCUT2D eigenvalue weighted by atomic mass is 32.2. The summed E-state index contributed by atoms with van der Waals surface area (Å²) < 4.78 is 0. The molecule has 5 nitrogen and oxygen atoms in total. The minimum absolute atomic E-state index is 0.196. The van der Waals surface area contributed by atoms with Gasteiger partial charge in [0.05, 0.1) is 0 Å². The third-order valence-electron chi connectivity index (χ3n) is 3.23. The molecule has 1 unspecified atom stereocenters. The Bertz CT molecular complexity index is 541. The standard InChI is InChI=1S/C17H27N3O2S/c1-12-6-5-7-13(10-12)15(21)20-14(8-9-23-4)16(22)19-11-17(2,3)18/h5-7,10,14H,8-9,11,18H2,1-4H3,(H,19,22)(H,20,21). The van der Waals surface area contributed by atoms with Crippen LogP contribution >= 0.6 is 11.8 Å². The quantitative estimate of drug-likeness (QED) is 0.674. The highest BCUT2D eigenvalue weighted by Crippen LogP contribution is 2.07. The summed E-state index contributed by atoms with van der Waals surface area (Å²) in [6.07, 6.45) is 2.55. The number of carbonyl (C=O) groups excluding carboxylic acids is 2. The molecule has 0 spiro atoms. The van der Waals surface area contributed by atoms with Crippen molar-refractivity contribution in [3.63, 3.8) is 0 Å². The molecule has 1 aromatic rings. The zero-order valence-electron chi connectivity index (χ0n) is 14.3. The van der Waals surface area contributed by atoms with Crippen LogP contribution in [0.25, 0.3) is 0 Å². The summed E-state index contributed by atoms with van der Waals surface area (Å²) in [5.74, 6) is 0.360. The van der Waals surface area contributed by atoms with E-state index in [4.69, 9.17) is 5.73 Å². The van der Waals surface area contributed by atoms with Gasteiger partial charge >= 0.3 is 0 Å². The van der Waals surface area contributed by atoms with Crippen molar-refractivity contribution in [1.82, 2.24) is 10.6 Å². The molecule has 0 bridgehead atoms. The average molecular weight is 337 g/mol. The zero-order valence-corrected chi connectivity index (χ0v) is 15.1. The smallest absolute Gasteiger partial charge is 0.251 e. The summed E-state index contributed by atoms with van der Waals surface area (Å²) in [4.78, 5) is 24.7. The Morgan fingerprint density at radius 3 is 2.61 bits per heavy atom. The van der Waals surface area contributed by atoms with E-state index in [0.717, 1.165) is 11.3 Å². The maximum absolute atomic E-state index is 12.4. The molecule has 2 amide bonds. The van der Waals surface area contributed by atoms with E-state index in [1.165, 1.54) is 0 Å². The first-order valence-corrected chi connectivity index (χ1v) is 9.05. The van der Waals surface area contributed by atoms with Crippen LogP contribution in [0.15, 0.2) is 24.3 Å². The van der Waals surface area contributed by atoms with Crippen LogP contribution in [0, 0.1) is 6.92 Å². The molecular weight excluding hydrogens is 310 g/mol. The van der Waals surface area contributed by atoms with Gasteiger partial charge in [-0.25, -0.2) is 0 Å². The molecular formula is C17H27N3O2S. The first kappa shape index (κ1) is 19.5.